The molecule has 3 aliphatic rings. The van der Waals surface area contributed by atoms with E-state index in [9.17, 15) is 4.79 Å². The van der Waals surface area contributed by atoms with Crippen molar-refractivity contribution in [1.82, 2.24) is 0 Å². The minimum Gasteiger partial charge on any atom is -0.466 e. The van der Waals surface area contributed by atoms with E-state index in [1.165, 1.54) is 0 Å². The molecular formula is C12H17NO2. The molecule has 0 aromatic carbocycles. The molecule has 3 fully saturated rings. The molecule has 3 saturated carbocycles. The molecule has 0 aromatic heterocycles. The summed E-state index contributed by atoms with van der Waals surface area (Å²) in [5.41, 5.74) is -0.459. The summed E-state index contributed by atoms with van der Waals surface area (Å²) in [5, 5.41) is 9.14. The maximum atomic E-state index is 12.0. The molecular weight excluding hydrogens is 190 g/mol. The monoisotopic (exact) mass is 207 g/mol. The SMILES string of the molecule is CCOC(=O)C12CCC(CC1)CC2C#N. The molecule has 1 atom stereocenters. The van der Waals surface area contributed by atoms with Gasteiger partial charge in [-0.25, -0.2) is 0 Å². The third-order valence-corrected chi connectivity index (χ3v) is 4.07. The number of carbonyl (C=O) groups is 1. The summed E-state index contributed by atoms with van der Waals surface area (Å²) in [7, 11) is 0. The molecule has 0 aromatic rings. The molecule has 0 saturated heterocycles. The molecule has 3 aliphatic carbocycles. The Kier molecular flexibility index (Phi) is 2.68. The number of nitriles is 1. The van der Waals surface area contributed by atoms with E-state index in [4.69, 9.17) is 10.00 Å². The molecule has 0 radical (unpaired) electrons. The van der Waals surface area contributed by atoms with Crippen molar-refractivity contribution in [3.05, 3.63) is 0 Å². The van der Waals surface area contributed by atoms with E-state index in [-0.39, 0.29) is 11.9 Å². The van der Waals surface area contributed by atoms with Gasteiger partial charge >= 0.3 is 5.97 Å². The lowest BCUT2D eigenvalue weighted by Gasteiger charge is -2.47. The zero-order chi connectivity index (χ0) is 10.9. The number of nitrogens with zero attached hydrogens (tertiary/aromatic N) is 1. The largest absolute Gasteiger partial charge is 0.466 e. The number of hydrogen-bond acceptors (Lipinski definition) is 3. The zero-order valence-electron chi connectivity index (χ0n) is 9.16. The van der Waals surface area contributed by atoms with Crippen LogP contribution in [-0.2, 0) is 9.53 Å². The summed E-state index contributed by atoms with van der Waals surface area (Å²) < 4.78 is 5.14. The second-order valence-electron chi connectivity index (χ2n) is 4.74. The molecule has 3 rings (SSSR count). The van der Waals surface area contributed by atoms with E-state index in [1.54, 1.807) is 0 Å². The quantitative estimate of drug-likeness (QED) is 0.653. The summed E-state index contributed by atoms with van der Waals surface area (Å²) in [4.78, 5) is 12.0. The van der Waals surface area contributed by atoms with Crippen LogP contribution in [0.5, 0.6) is 0 Å². The van der Waals surface area contributed by atoms with E-state index >= 15 is 0 Å². The van der Waals surface area contributed by atoms with Crippen LogP contribution in [-0.4, -0.2) is 12.6 Å². The second kappa shape index (κ2) is 3.84. The lowest BCUT2D eigenvalue weighted by Crippen LogP contribution is -2.47. The van der Waals surface area contributed by atoms with E-state index in [1.807, 2.05) is 6.92 Å². The number of rotatable bonds is 2. The standard InChI is InChI=1S/C12H17NO2/c1-2-15-11(14)12-5-3-9(4-6-12)7-10(12)8-13/h9-10H,2-7H2,1H3. The summed E-state index contributed by atoms with van der Waals surface area (Å²) in [6.07, 6.45) is 4.80. The van der Waals surface area contributed by atoms with Gasteiger partial charge in [0.05, 0.1) is 24.0 Å². The van der Waals surface area contributed by atoms with Crippen LogP contribution in [0, 0.1) is 28.6 Å². The van der Waals surface area contributed by atoms with Crippen LogP contribution in [0.15, 0.2) is 0 Å². The van der Waals surface area contributed by atoms with E-state index < -0.39 is 5.41 Å². The average molecular weight is 207 g/mol. The molecule has 0 N–H and O–H groups in total. The van der Waals surface area contributed by atoms with E-state index in [0.29, 0.717) is 12.5 Å². The zero-order valence-corrected chi connectivity index (χ0v) is 9.16. The fourth-order valence-electron chi connectivity index (χ4n) is 3.13. The van der Waals surface area contributed by atoms with Gasteiger partial charge in [0.1, 0.15) is 0 Å². The number of hydrogen-bond donors (Lipinski definition) is 0. The van der Waals surface area contributed by atoms with Crippen LogP contribution in [0.2, 0.25) is 0 Å². The van der Waals surface area contributed by atoms with Crippen molar-refractivity contribution in [2.24, 2.45) is 17.3 Å². The van der Waals surface area contributed by atoms with Gasteiger partial charge in [0.25, 0.3) is 0 Å². The first kappa shape index (κ1) is 10.5. The Morgan fingerprint density at radius 1 is 1.53 bits per heavy atom. The van der Waals surface area contributed by atoms with Crippen molar-refractivity contribution in [2.75, 3.05) is 6.61 Å². The first-order valence-corrected chi connectivity index (χ1v) is 5.80. The van der Waals surface area contributed by atoms with Gasteiger partial charge in [-0.15, -0.1) is 0 Å². The molecule has 0 heterocycles. The average Bonchev–Trinajstić information content (AvgIpc) is 2.30. The lowest BCUT2D eigenvalue weighted by atomic mass is 9.55. The third-order valence-electron chi connectivity index (χ3n) is 4.07. The molecule has 0 spiro atoms. The predicted octanol–water partition coefficient (Wildman–Crippen LogP) is 2.27. The topological polar surface area (TPSA) is 50.1 Å². The van der Waals surface area contributed by atoms with Gasteiger partial charge in [-0.3, -0.25) is 4.79 Å². The van der Waals surface area contributed by atoms with Gasteiger partial charge < -0.3 is 4.74 Å². The van der Waals surface area contributed by atoms with Crippen molar-refractivity contribution in [2.45, 2.75) is 39.0 Å². The van der Waals surface area contributed by atoms with Crippen molar-refractivity contribution in [3.8, 4) is 6.07 Å². The van der Waals surface area contributed by atoms with Crippen molar-refractivity contribution in [1.29, 1.82) is 5.26 Å². The van der Waals surface area contributed by atoms with E-state index in [0.717, 1.165) is 32.1 Å². The Hall–Kier alpha value is -1.04. The summed E-state index contributed by atoms with van der Waals surface area (Å²) in [6.45, 7) is 2.24. The fraction of sp³-hybridized carbons (Fsp3) is 0.833. The minimum absolute atomic E-state index is 0.107. The first-order chi connectivity index (χ1) is 7.23. The van der Waals surface area contributed by atoms with Crippen LogP contribution in [0.3, 0.4) is 0 Å². The van der Waals surface area contributed by atoms with Gasteiger partial charge in [-0.2, -0.15) is 5.26 Å². The first-order valence-electron chi connectivity index (χ1n) is 5.80. The fourth-order valence-corrected chi connectivity index (χ4v) is 3.13. The number of fused-ring (bicyclic) bond motifs is 3. The molecule has 2 bridgehead atoms. The van der Waals surface area contributed by atoms with Crippen molar-refractivity contribution in [3.63, 3.8) is 0 Å². The molecule has 3 heteroatoms. The Labute approximate surface area is 90.4 Å². The number of carbonyl (C=O) groups excluding carboxylic acids is 1. The Bertz CT molecular complexity index is 297. The van der Waals surface area contributed by atoms with Crippen molar-refractivity contribution < 1.29 is 9.53 Å². The summed E-state index contributed by atoms with van der Waals surface area (Å²) >= 11 is 0. The lowest BCUT2D eigenvalue weighted by molar-refractivity contribution is -0.165. The van der Waals surface area contributed by atoms with Crippen molar-refractivity contribution >= 4 is 5.97 Å². The molecule has 15 heavy (non-hydrogen) atoms. The Balaban J connectivity index is 2.22. The van der Waals surface area contributed by atoms with Gasteiger partial charge in [-0.05, 0) is 44.9 Å². The molecule has 0 aliphatic heterocycles. The predicted molar refractivity (Wildman–Crippen MR) is 54.7 cm³/mol. The van der Waals surface area contributed by atoms with Crippen LogP contribution in [0.4, 0.5) is 0 Å². The normalized spacial score (nSPS) is 38.4. The third kappa shape index (κ3) is 1.52. The Morgan fingerprint density at radius 2 is 2.20 bits per heavy atom. The smallest absolute Gasteiger partial charge is 0.313 e. The van der Waals surface area contributed by atoms with E-state index in [2.05, 4.69) is 6.07 Å². The molecule has 82 valence electrons. The Morgan fingerprint density at radius 3 is 2.73 bits per heavy atom. The second-order valence-corrected chi connectivity index (χ2v) is 4.74. The summed E-state index contributed by atoms with van der Waals surface area (Å²) in [6, 6.07) is 2.31. The molecule has 1 unspecified atom stereocenters. The van der Waals surface area contributed by atoms with Gasteiger partial charge in [0.2, 0.25) is 0 Å². The minimum atomic E-state index is -0.459. The number of ether oxygens (including phenoxy) is 1. The highest BCUT2D eigenvalue weighted by Crippen LogP contribution is 2.54. The molecule has 0 amide bonds. The highest BCUT2D eigenvalue weighted by Gasteiger charge is 2.53. The van der Waals surface area contributed by atoms with Crippen LogP contribution in [0.25, 0.3) is 0 Å². The van der Waals surface area contributed by atoms with Crippen LogP contribution in [0.1, 0.15) is 39.0 Å². The summed E-state index contributed by atoms with van der Waals surface area (Å²) in [5.74, 6) is 0.435. The van der Waals surface area contributed by atoms with Gasteiger partial charge in [0, 0.05) is 0 Å². The number of esters is 1. The highest BCUT2D eigenvalue weighted by atomic mass is 16.5. The van der Waals surface area contributed by atoms with Gasteiger partial charge in [-0.1, -0.05) is 0 Å². The van der Waals surface area contributed by atoms with Crippen LogP contribution >= 0.6 is 0 Å². The van der Waals surface area contributed by atoms with Gasteiger partial charge in [0.15, 0.2) is 0 Å². The van der Waals surface area contributed by atoms with Crippen LogP contribution < -0.4 is 0 Å². The maximum Gasteiger partial charge on any atom is 0.313 e. The molecule has 3 nitrogen and oxygen atoms in total. The maximum absolute atomic E-state index is 12.0. The highest BCUT2D eigenvalue weighted by molar-refractivity contribution is 5.78.